The standard InChI is InChI=1S/C30H34N4/c1-17-13-25-19(29(3,4)5)15-27(33-25)28-16-20(30(6,7)8)26(34-28)14-18(2)22-10-12-24(32-22)23-11-9-21(17)31-23/h9-16,33-34H,1-8H3. The van der Waals surface area contributed by atoms with Gasteiger partial charge in [0.05, 0.1) is 33.8 Å². The lowest BCUT2D eigenvalue weighted by molar-refractivity contribution is 0.596. The van der Waals surface area contributed by atoms with Crippen LogP contribution in [0.2, 0.25) is 0 Å². The highest BCUT2D eigenvalue weighted by Crippen LogP contribution is 2.33. The first kappa shape index (κ1) is 22.4. The number of nitrogens with one attached hydrogen (secondary N) is 2. The van der Waals surface area contributed by atoms with Gasteiger partial charge in [-0.2, -0.15) is 0 Å². The van der Waals surface area contributed by atoms with Crippen LogP contribution in [0.15, 0.2) is 24.3 Å². The number of hydrogen-bond acceptors (Lipinski definition) is 2. The first-order chi connectivity index (χ1) is 15.9. The third kappa shape index (κ3) is 3.91. The van der Waals surface area contributed by atoms with E-state index in [2.05, 4.69) is 114 Å². The molecule has 3 aromatic heterocycles. The number of aromatic amines is 2. The van der Waals surface area contributed by atoms with Crippen LogP contribution in [-0.4, -0.2) is 19.9 Å². The maximum atomic E-state index is 4.90. The summed E-state index contributed by atoms with van der Waals surface area (Å²) in [4.78, 5) is 17.2. The summed E-state index contributed by atoms with van der Waals surface area (Å²) in [5, 5.41) is 0. The molecule has 2 N–H and O–H groups in total. The molecule has 0 saturated carbocycles. The SMILES string of the molecule is Cc1cc2[nH]c(cc2C(C)(C)C)c2cc(C(C)(C)C)c(cc(C)c3nc(c4nc1C=C4)C=C3)[nH]2. The Morgan fingerprint density at radius 3 is 1.21 bits per heavy atom. The van der Waals surface area contributed by atoms with E-state index in [1.54, 1.807) is 0 Å². The topological polar surface area (TPSA) is 57.4 Å². The van der Waals surface area contributed by atoms with Gasteiger partial charge in [-0.05, 0) is 95.5 Å². The van der Waals surface area contributed by atoms with Gasteiger partial charge in [0, 0.05) is 11.0 Å². The predicted molar refractivity (Wildman–Crippen MR) is 146 cm³/mol. The van der Waals surface area contributed by atoms with Crippen LogP contribution in [-0.2, 0) is 10.8 Å². The third-order valence-corrected chi connectivity index (χ3v) is 6.67. The van der Waals surface area contributed by atoms with Crippen molar-refractivity contribution in [1.29, 1.82) is 0 Å². The van der Waals surface area contributed by atoms with Crippen molar-refractivity contribution < 1.29 is 0 Å². The van der Waals surface area contributed by atoms with Gasteiger partial charge in [0.25, 0.3) is 0 Å². The second-order valence-corrected chi connectivity index (χ2v) is 11.6. The molecular formula is C30H34N4. The summed E-state index contributed by atoms with van der Waals surface area (Å²) in [7, 11) is 0. The lowest BCUT2D eigenvalue weighted by Gasteiger charge is -2.17. The van der Waals surface area contributed by atoms with Crippen molar-refractivity contribution in [1.82, 2.24) is 19.9 Å². The zero-order valence-electron chi connectivity index (χ0n) is 21.5. The predicted octanol–water partition coefficient (Wildman–Crippen LogP) is 7.87. The fourth-order valence-electron chi connectivity index (χ4n) is 4.73. The van der Waals surface area contributed by atoms with E-state index in [1.807, 2.05) is 0 Å². The summed E-state index contributed by atoms with van der Waals surface area (Å²) >= 11 is 0. The van der Waals surface area contributed by atoms with Gasteiger partial charge in [-0.15, -0.1) is 0 Å². The molecule has 0 spiro atoms. The lowest BCUT2D eigenvalue weighted by Crippen LogP contribution is -2.10. The molecule has 3 aromatic rings. The van der Waals surface area contributed by atoms with Crippen LogP contribution < -0.4 is 0 Å². The van der Waals surface area contributed by atoms with Crippen LogP contribution in [0.3, 0.4) is 0 Å². The highest BCUT2D eigenvalue weighted by atomic mass is 14.8. The Labute approximate surface area is 201 Å². The molecule has 2 aliphatic heterocycles. The van der Waals surface area contributed by atoms with E-state index < -0.39 is 0 Å². The van der Waals surface area contributed by atoms with Crippen LogP contribution in [0, 0.1) is 13.8 Å². The van der Waals surface area contributed by atoms with Gasteiger partial charge in [0.2, 0.25) is 0 Å². The van der Waals surface area contributed by atoms with Gasteiger partial charge in [0.1, 0.15) is 0 Å². The molecular weight excluding hydrogens is 416 g/mol. The van der Waals surface area contributed by atoms with Crippen molar-refractivity contribution >= 4 is 46.4 Å². The largest absolute Gasteiger partial charge is 0.354 e. The molecule has 8 bridgehead atoms. The minimum absolute atomic E-state index is 0.00246. The molecule has 2 aliphatic rings. The minimum Gasteiger partial charge on any atom is -0.354 e. The van der Waals surface area contributed by atoms with E-state index in [0.717, 1.165) is 56.0 Å². The zero-order valence-corrected chi connectivity index (χ0v) is 21.5. The van der Waals surface area contributed by atoms with Crippen molar-refractivity contribution in [2.24, 2.45) is 0 Å². The zero-order chi connectivity index (χ0) is 24.4. The Morgan fingerprint density at radius 2 is 0.853 bits per heavy atom. The number of hydrogen-bond donors (Lipinski definition) is 2. The van der Waals surface area contributed by atoms with E-state index in [1.165, 1.54) is 11.1 Å². The summed E-state index contributed by atoms with van der Waals surface area (Å²) in [5.41, 5.74) is 13.1. The third-order valence-electron chi connectivity index (χ3n) is 6.67. The molecule has 0 saturated heterocycles. The van der Waals surface area contributed by atoms with Crippen LogP contribution in [0.5, 0.6) is 0 Å². The molecule has 4 heteroatoms. The van der Waals surface area contributed by atoms with Gasteiger partial charge in [-0.3, -0.25) is 0 Å². The maximum Gasteiger partial charge on any atom is 0.0894 e. The normalized spacial score (nSPS) is 13.6. The Bertz CT molecular complexity index is 1410. The Hall–Kier alpha value is -3.40. The van der Waals surface area contributed by atoms with E-state index in [9.17, 15) is 0 Å². The molecule has 174 valence electrons. The number of H-pyrrole nitrogens is 2. The fraction of sp³-hybridized carbons (Fsp3) is 0.333. The van der Waals surface area contributed by atoms with Crippen molar-refractivity contribution in [3.8, 4) is 0 Å². The van der Waals surface area contributed by atoms with Crippen LogP contribution in [0.1, 0.15) is 86.6 Å². The molecule has 0 aromatic carbocycles. The second-order valence-electron chi connectivity index (χ2n) is 11.6. The molecule has 0 aliphatic carbocycles. The Balaban J connectivity index is 1.98. The number of fused-ring (bicyclic) bond motifs is 10. The van der Waals surface area contributed by atoms with E-state index >= 15 is 0 Å². The summed E-state index contributed by atoms with van der Waals surface area (Å²) in [6, 6.07) is 9.05. The molecule has 5 heterocycles. The van der Waals surface area contributed by atoms with Crippen LogP contribution in [0.4, 0.5) is 0 Å². The van der Waals surface area contributed by atoms with Crippen LogP contribution >= 0.6 is 0 Å². The molecule has 0 amide bonds. The van der Waals surface area contributed by atoms with E-state index in [-0.39, 0.29) is 10.8 Å². The molecule has 0 fully saturated rings. The first-order valence-corrected chi connectivity index (χ1v) is 12.0. The fourth-order valence-corrected chi connectivity index (χ4v) is 4.73. The number of nitrogens with zero attached hydrogens (tertiary/aromatic N) is 2. The average Bonchev–Trinajstić information content (AvgIpc) is 3.49. The van der Waals surface area contributed by atoms with Crippen LogP contribution in [0.25, 0.3) is 46.4 Å². The molecule has 4 nitrogen and oxygen atoms in total. The quantitative estimate of drug-likeness (QED) is 0.252. The van der Waals surface area contributed by atoms with E-state index in [0.29, 0.717) is 0 Å². The van der Waals surface area contributed by atoms with Gasteiger partial charge < -0.3 is 9.97 Å². The number of aromatic nitrogens is 4. The molecule has 0 unspecified atom stereocenters. The van der Waals surface area contributed by atoms with Crippen molar-refractivity contribution in [3.05, 3.63) is 69.3 Å². The van der Waals surface area contributed by atoms with Crippen molar-refractivity contribution in [2.75, 3.05) is 0 Å². The molecule has 0 atom stereocenters. The first-order valence-electron chi connectivity index (χ1n) is 12.0. The molecule has 0 radical (unpaired) electrons. The maximum absolute atomic E-state index is 4.90. The number of rotatable bonds is 0. The Morgan fingerprint density at radius 1 is 0.500 bits per heavy atom. The highest BCUT2D eigenvalue weighted by molar-refractivity contribution is 5.86. The van der Waals surface area contributed by atoms with Gasteiger partial charge in [-0.1, -0.05) is 41.5 Å². The Kier molecular flexibility index (Phi) is 4.98. The summed E-state index contributed by atoms with van der Waals surface area (Å²) in [5.74, 6) is 0. The van der Waals surface area contributed by atoms with Crippen molar-refractivity contribution in [3.63, 3.8) is 0 Å². The summed E-state index contributed by atoms with van der Waals surface area (Å²) in [6.45, 7) is 17.8. The summed E-state index contributed by atoms with van der Waals surface area (Å²) in [6.07, 6.45) is 8.30. The highest BCUT2D eigenvalue weighted by Gasteiger charge is 2.21. The molecule has 34 heavy (non-hydrogen) atoms. The van der Waals surface area contributed by atoms with Gasteiger partial charge >= 0.3 is 0 Å². The minimum atomic E-state index is 0.00246. The smallest absolute Gasteiger partial charge is 0.0894 e. The average molecular weight is 451 g/mol. The molecule has 5 rings (SSSR count). The van der Waals surface area contributed by atoms with E-state index in [4.69, 9.17) is 9.97 Å². The lowest BCUT2D eigenvalue weighted by atomic mass is 9.87. The van der Waals surface area contributed by atoms with Gasteiger partial charge in [0.15, 0.2) is 0 Å². The van der Waals surface area contributed by atoms with Gasteiger partial charge in [-0.25, -0.2) is 9.97 Å². The van der Waals surface area contributed by atoms with Crippen molar-refractivity contribution in [2.45, 2.75) is 66.2 Å². The second kappa shape index (κ2) is 7.56. The number of aryl methyl sites for hydroxylation is 2. The summed E-state index contributed by atoms with van der Waals surface area (Å²) < 4.78 is 0. The monoisotopic (exact) mass is 450 g/mol.